The number of rotatable bonds is 56. The Hall–Kier alpha value is -0.760. The summed E-state index contributed by atoms with van der Waals surface area (Å²) in [4.78, 5) is 23.3. The number of aliphatic hydroxyl groups excluding tert-OH is 1. The molecule has 0 aromatic rings. The third-order valence-corrected chi connectivity index (χ3v) is 15.0. The van der Waals surface area contributed by atoms with Crippen molar-refractivity contribution in [3.63, 3.8) is 0 Å². The third kappa shape index (κ3) is 53.0. The van der Waals surface area contributed by atoms with Gasteiger partial charge >= 0.3 is 7.82 Å². The van der Waals surface area contributed by atoms with E-state index in [0.29, 0.717) is 17.4 Å². The number of likely N-dealkylation sites (N-methyl/N-ethyl adjacent to an activating group) is 1. The van der Waals surface area contributed by atoms with Crippen molar-refractivity contribution in [2.45, 2.75) is 321 Å². The lowest BCUT2D eigenvalue weighted by Gasteiger charge is -2.25. The fraction of sp³-hybridized carbons (Fsp3) is 0.949. The quantitative estimate of drug-likeness (QED) is 0.0243. The second-order valence-electron chi connectivity index (χ2n) is 22.1. The summed E-state index contributed by atoms with van der Waals surface area (Å²) in [5.74, 6) is -0.169. The van der Waals surface area contributed by atoms with Crippen molar-refractivity contribution in [1.29, 1.82) is 0 Å². The predicted octanol–water partition coefficient (Wildman–Crippen LogP) is 18.2. The lowest BCUT2D eigenvalue weighted by Crippen LogP contribution is -2.45. The maximum absolute atomic E-state index is 13.0. The number of hydrogen-bond acceptors (Lipinski definition) is 5. The van der Waals surface area contributed by atoms with E-state index in [1.807, 2.05) is 27.2 Å². The summed E-state index contributed by atoms with van der Waals surface area (Å²) in [5.41, 5.74) is 0. The van der Waals surface area contributed by atoms with E-state index in [9.17, 15) is 19.4 Å². The lowest BCUT2D eigenvalue weighted by molar-refractivity contribution is -0.870. The first-order chi connectivity index (χ1) is 33.0. The number of amides is 1. The van der Waals surface area contributed by atoms with Gasteiger partial charge in [0.05, 0.1) is 39.9 Å². The normalized spacial score (nSPS) is 13.9. The summed E-state index contributed by atoms with van der Waals surface area (Å²) < 4.78 is 23.7. The minimum Gasteiger partial charge on any atom is -0.387 e. The Kier molecular flexibility index (Phi) is 50.6. The SMILES string of the molecule is CCCCCCCCCCCCCCCC/C=C/[C@@H](O)[C@H](COP(=O)(O)OCC[N+](C)(C)C)NC(=O)CCCCCCCCCCCCCCCCCCCCCCCCCCCCCCCC. The molecule has 0 saturated carbocycles. The average molecular weight is 985 g/mol. The second kappa shape index (κ2) is 51.2. The number of phosphoric ester groups is 1. The smallest absolute Gasteiger partial charge is 0.387 e. The highest BCUT2D eigenvalue weighted by Crippen LogP contribution is 2.43. The van der Waals surface area contributed by atoms with E-state index in [1.165, 1.54) is 257 Å². The van der Waals surface area contributed by atoms with Gasteiger partial charge in [-0.05, 0) is 19.3 Å². The number of nitrogens with zero attached hydrogens (tertiary/aromatic N) is 1. The lowest BCUT2D eigenvalue weighted by atomic mass is 10.0. The molecule has 0 bridgehead atoms. The highest BCUT2D eigenvalue weighted by molar-refractivity contribution is 7.47. The molecule has 1 amide bonds. The molecule has 0 aromatic carbocycles. The van der Waals surface area contributed by atoms with Crippen molar-refractivity contribution in [2.24, 2.45) is 0 Å². The largest absolute Gasteiger partial charge is 0.472 e. The van der Waals surface area contributed by atoms with Crippen LogP contribution in [-0.4, -0.2) is 73.4 Å². The van der Waals surface area contributed by atoms with Crippen LogP contribution in [0.15, 0.2) is 12.2 Å². The van der Waals surface area contributed by atoms with E-state index < -0.39 is 20.0 Å². The van der Waals surface area contributed by atoms with E-state index >= 15 is 0 Å². The van der Waals surface area contributed by atoms with Gasteiger partial charge in [0, 0.05) is 6.42 Å². The number of phosphoric acid groups is 1. The van der Waals surface area contributed by atoms with Crippen molar-refractivity contribution in [3.05, 3.63) is 12.2 Å². The first kappa shape index (κ1) is 67.2. The van der Waals surface area contributed by atoms with E-state index in [2.05, 4.69) is 19.2 Å². The van der Waals surface area contributed by atoms with Gasteiger partial charge in [-0.1, -0.05) is 296 Å². The van der Waals surface area contributed by atoms with E-state index in [-0.39, 0.29) is 19.1 Å². The Balaban J connectivity index is 4.04. The molecule has 3 atom stereocenters. The topological polar surface area (TPSA) is 105 Å². The van der Waals surface area contributed by atoms with Gasteiger partial charge in [0.1, 0.15) is 13.2 Å². The monoisotopic (exact) mass is 984 g/mol. The number of carbonyl (C=O) groups is 1. The fourth-order valence-corrected chi connectivity index (χ4v) is 10.0. The number of unbranched alkanes of at least 4 members (excludes halogenated alkanes) is 43. The number of carbonyl (C=O) groups excluding carboxylic acids is 1. The number of allylic oxidation sites excluding steroid dienone is 1. The molecule has 0 aliphatic rings. The standard InChI is InChI=1S/C59H119N2O6P/c1-6-8-10-12-14-16-18-20-22-24-25-26-27-28-29-30-31-32-33-34-35-36-37-39-41-43-45-47-49-51-53-59(63)60-57(56-67-68(64,65)66-55-54-61(3,4)5)58(62)52-50-48-46-44-42-40-38-23-21-19-17-15-13-11-9-7-2/h50,52,57-58,62H,6-49,51,53-56H2,1-5H3,(H-,60,63,64,65)/p+1/b52-50+/t57-,58+/m0/s1. The Morgan fingerprint density at radius 1 is 0.485 bits per heavy atom. The number of quaternary nitrogens is 1. The molecular formula is C59H120N2O6P+. The molecule has 0 aliphatic carbocycles. The van der Waals surface area contributed by atoms with Crippen LogP contribution in [0.25, 0.3) is 0 Å². The first-order valence-electron chi connectivity index (χ1n) is 30.1. The van der Waals surface area contributed by atoms with Crippen LogP contribution in [0.4, 0.5) is 0 Å². The van der Waals surface area contributed by atoms with Crippen LogP contribution in [0, 0.1) is 0 Å². The van der Waals surface area contributed by atoms with Crippen molar-refractivity contribution in [2.75, 3.05) is 40.9 Å². The van der Waals surface area contributed by atoms with E-state index in [4.69, 9.17) is 9.05 Å². The summed E-state index contributed by atoms with van der Waals surface area (Å²) in [6.45, 7) is 4.87. The minimum atomic E-state index is -4.34. The van der Waals surface area contributed by atoms with Crippen LogP contribution in [0.2, 0.25) is 0 Å². The van der Waals surface area contributed by atoms with Crippen LogP contribution < -0.4 is 5.32 Å². The molecule has 9 heteroatoms. The summed E-state index contributed by atoms with van der Waals surface area (Å²) in [6.07, 6.45) is 63.3. The van der Waals surface area contributed by atoms with Gasteiger partial charge in [-0.15, -0.1) is 0 Å². The molecule has 0 fully saturated rings. The van der Waals surface area contributed by atoms with E-state index in [1.54, 1.807) is 6.08 Å². The number of hydrogen-bond donors (Lipinski definition) is 3. The highest BCUT2D eigenvalue weighted by Gasteiger charge is 2.27. The molecule has 0 heterocycles. The fourth-order valence-electron chi connectivity index (χ4n) is 9.28. The summed E-state index contributed by atoms with van der Waals surface area (Å²) in [6, 6.07) is -0.842. The highest BCUT2D eigenvalue weighted by atomic mass is 31.2. The molecular weight excluding hydrogens is 864 g/mol. The molecule has 0 aliphatic heterocycles. The van der Waals surface area contributed by atoms with Gasteiger partial charge in [0.25, 0.3) is 0 Å². The van der Waals surface area contributed by atoms with Crippen molar-refractivity contribution >= 4 is 13.7 Å². The Labute approximate surface area is 424 Å². The van der Waals surface area contributed by atoms with Crippen LogP contribution >= 0.6 is 7.82 Å². The molecule has 8 nitrogen and oxygen atoms in total. The zero-order valence-electron chi connectivity index (χ0n) is 46.4. The maximum atomic E-state index is 13.0. The number of nitrogens with one attached hydrogen (secondary N) is 1. The molecule has 0 spiro atoms. The van der Waals surface area contributed by atoms with Crippen LogP contribution in [0.1, 0.15) is 309 Å². The maximum Gasteiger partial charge on any atom is 0.472 e. The van der Waals surface area contributed by atoms with Gasteiger partial charge in [0.15, 0.2) is 0 Å². The van der Waals surface area contributed by atoms with Gasteiger partial charge in [-0.25, -0.2) is 4.57 Å². The van der Waals surface area contributed by atoms with Crippen molar-refractivity contribution in [3.8, 4) is 0 Å². The zero-order chi connectivity index (χ0) is 49.9. The Bertz CT molecular complexity index is 1120. The van der Waals surface area contributed by atoms with Gasteiger partial charge < -0.3 is 19.8 Å². The Morgan fingerprint density at radius 2 is 0.779 bits per heavy atom. The Morgan fingerprint density at radius 3 is 1.09 bits per heavy atom. The molecule has 0 rings (SSSR count). The van der Waals surface area contributed by atoms with Crippen LogP contribution in [-0.2, 0) is 18.4 Å². The summed E-state index contributed by atoms with van der Waals surface area (Å²) in [7, 11) is 1.59. The molecule has 406 valence electrons. The third-order valence-electron chi connectivity index (χ3n) is 14.0. The van der Waals surface area contributed by atoms with Crippen molar-refractivity contribution in [1.82, 2.24) is 5.32 Å². The molecule has 3 N–H and O–H groups in total. The van der Waals surface area contributed by atoms with Crippen LogP contribution in [0.5, 0.6) is 0 Å². The average Bonchev–Trinajstić information content (AvgIpc) is 3.30. The van der Waals surface area contributed by atoms with Gasteiger partial charge in [-0.3, -0.25) is 13.8 Å². The molecule has 0 radical (unpaired) electrons. The van der Waals surface area contributed by atoms with Crippen LogP contribution in [0.3, 0.4) is 0 Å². The zero-order valence-corrected chi connectivity index (χ0v) is 47.3. The van der Waals surface area contributed by atoms with Gasteiger partial charge in [0.2, 0.25) is 5.91 Å². The first-order valence-corrected chi connectivity index (χ1v) is 31.6. The second-order valence-corrected chi connectivity index (χ2v) is 23.5. The predicted molar refractivity (Wildman–Crippen MR) is 295 cm³/mol. The van der Waals surface area contributed by atoms with Gasteiger partial charge in [-0.2, -0.15) is 0 Å². The number of aliphatic hydroxyl groups is 1. The molecule has 0 saturated heterocycles. The molecule has 68 heavy (non-hydrogen) atoms. The van der Waals surface area contributed by atoms with E-state index in [0.717, 1.165) is 32.1 Å². The molecule has 1 unspecified atom stereocenters. The summed E-state index contributed by atoms with van der Waals surface area (Å²) >= 11 is 0. The molecule has 0 aromatic heterocycles. The van der Waals surface area contributed by atoms with Crippen molar-refractivity contribution < 1.29 is 32.9 Å². The summed E-state index contributed by atoms with van der Waals surface area (Å²) in [5, 5.41) is 13.9. The minimum absolute atomic E-state index is 0.0651.